The Morgan fingerprint density at radius 3 is 2.96 bits per heavy atom. The van der Waals surface area contributed by atoms with Gasteiger partial charge >= 0.3 is 0 Å². The molecule has 2 aromatic rings. The number of hydrogen-bond donors (Lipinski definition) is 1. The van der Waals surface area contributed by atoms with E-state index >= 15 is 0 Å². The van der Waals surface area contributed by atoms with Crippen molar-refractivity contribution in [1.29, 1.82) is 0 Å². The molecule has 0 amide bonds. The predicted octanol–water partition coefficient (Wildman–Crippen LogP) is 3.07. The highest BCUT2D eigenvalue weighted by Gasteiger charge is 2.32. The molecule has 1 aliphatic carbocycles. The van der Waals surface area contributed by atoms with E-state index in [1.165, 1.54) is 27.8 Å². The standard InChI is InChI=1S/C20H22N4/c1-14-6-7-15-17(13-14)20(15)16(5-4-10-21-2)18-9-12-24-19(23(18)3)8-11-22-24/h4-9,11-13,18,21H,10H2,1-3H3/b5-4-,20-16-. The minimum Gasteiger partial charge on any atom is -0.349 e. The number of hydrogen-bond acceptors (Lipinski definition) is 3. The first kappa shape index (κ1) is 15.0. The van der Waals surface area contributed by atoms with E-state index in [1.807, 2.05) is 17.9 Å². The summed E-state index contributed by atoms with van der Waals surface area (Å²) in [4.78, 5) is 2.28. The van der Waals surface area contributed by atoms with Crippen LogP contribution in [0.1, 0.15) is 16.7 Å². The van der Waals surface area contributed by atoms with Crippen LogP contribution in [-0.4, -0.2) is 36.5 Å². The van der Waals surface area contributed by atoms with E-state index in [-0.39, 0.29) is 6.04 Å². The highest BCUT2D eigenvalue weighted by atomic mass is 15.4. The van der Waals surface area contributed by atoms with Gasteiger partial charge in [0.25, 0.3) is 0 Å². The van der Waals surface area contributed by atoms with Gasteiger partial charge in [-0.3, -0.25) is 0 Å². The van der Waals surface area contributed by atoms with E-state index < -0.39 is 0 Å². The smallest absolute Gasteiger partial charge is 0.132 e. The fraction of sp³-hybridized carbons (Fsp3) is 0.250. The number of likely N-dealkylation sites (N-methyl/N-ethyl adjacent to an activating group) is 2. The van der Waals surface area contributed by atoms with Gasteiger partial charge in [0.1, 0.15) is 5.82 Å². The zero-order valence-corrected chi connectivity index (χ0v) is 14.3. The van der Waals surface area contributed by atoms with Gasteiger partial charge in [0.05, 0.1) is 12.2 Å². The third kappa shape index (κ3) is 2.39. The van der Waals surface area contributed by atoms with E-state index in [4.69, 9.17) is 0 Å². The summed E-state index contributed by atoms with van der Waals surface area (Å²) in [6, 6.07) is 8.98. The SMILES string of the molecule is CNC/C=C\C(=C1/c2ccc(C)cc21)C1C=Cn2nccc2N1C. The Morgan fingerprint density at radius 2 is 2.17 bits per heavy atom. The number of aromatic nitrogens is 2. The molecule has 122 valence electrons. The molecule has 0 saturated heterocycles. The van der Waals surface area contributed by atoms with Crippen molar-refractivity contribution in [1.82, 2.24) is 15.1 Å². The van der Waals surface area contributed by atoms with Crippen LogP contribution in [0.4, 0.5) is 5.82 Å². The molecule has 4 rings (SSSR count). The molecule has 24 heavy (non-hydrogen) atoms. The third-order valence-electron chi connectivity index (χ3n) is 4.72. The topological polar surface area (TPSA) is 33.1 Å². The number of benzene rings is 1. The lowest BCUT2D eigenvalue weighted by Gasteiger charge is -2.31. The maximum absolute atomic E-state index is 4.33. The quantitative estimate of drug-likeness (QED) is 0.802. The molecule has 1 N–H and O–H groups in total. The van der Waals surface area contributed by atoms with Crippen molar-refractivity contribution < 1.29 is 0 Å². The van der Waals surface area contributed by atoms with Gasteiger partial charge in [-0.15, -0.1) is 0 Å². The second-order valence-corrected chi connectivity index (χ2v) is 6.37. The van der Waals surface area contributed by atoms with Crippen molar-refractivity contribution >= 4 is 17.6 Å². The number of aryl methyl sites for hydroxylation is 1. The van der Waals surface area contributed by atoms with E-state index in [2.05, 4.69) is 78.0 Å². The molecule has 0 radical (unpaired) electrons. The molecule has 1 atom stereocenters. The molecule has 1 aliphatic heterocycles. The van der Waals surface area contributed by atoms with Gasteiger partial charge in [0, 0.05) is 25.9 Å². The first-order valence-corrected chi connectivity index (χ1v) is 8.32. The molecule has 1 aromatic carbocycles. The van der Waals surface area contributed by atoms with Crippen LogP contribution in [0.15, 0.2) is 54.3 Å². The average molecular weight is 318 g/mol. The van der Waals surface area contributed by atoms with Crippen LogP contribution in [0.3, 0.4) is 0 Å². The fourth-order valence-electron chi connectivity index (χ4n) is 3.42. The summed E-state index contributed by atoms with van der Waals surface area (Å²) in [7, 11) is 4.10. The predicted molar refractivity (Wildman–Crippen MR) is 100 cm³/mol. The molecular formula is C20H22N4. The molecule has 1 unspecified atom stereocenters. The number of nitrogens with one attached hydrogen (secondary N) is 1. The molecule has 2 heterocycles. The second-order valence-electron chi connectivity index (χ2n) is 6.37. The highest BCUT2D eigenvalue weighted by Crippen LogP contribution is 2.47. The maximum Gasteiger partial charge on any atom is 0.132 e. The minimum absolute atomic E-state index is 0.213. The molecule has 0 saturated carbocycles. The summed E-state index contributed by atoms with van der Waals surface area (Å²) >= 11 is 0. The fourth-order valence-corrected chi connectivity index (χ4v) is 3.42. The summed E-state index contributed by atoms with van der Waals surface area (Å²) in [6.45, 7) is 3.02. The normalized spacial score (nSPS) is 20.3. The Labute approximate surface area is 142 Å². The summed E-state index contributed by atoms with van der Waals surface area (Å²) in [6.07, 6.45) is 10.6. The van der Waals surface area contributed by atoms with Crippen molar-refractivity contribution in [3.8, 4) is 0 Å². The van der Waals surface area contributed by atoms with Crippen LogP contribution in [0.25, 0.3) is 11.8 Å². The van der Waals surface area contributed by atoms with E-state index in [0.717, 1.165) is 12.4 Å². The van der Waals surface area contributed by atoms with Crippen molar-refractivity contribution in [2.24, 2.45) is 0 Å². The van der Waals surface area contributed by atoms with Crippen molar-refractivity contribution in [3.05, 3.63) is 71.0 Å². The van der Waals surface area contributed by atoms with Gasteiger partial charge in [-0.05, 0) is 42.3 Å². The van der Waals surface area contributed by atoms with Crippen molar-refractivity contribution in [2.45, 2.75) is 13.0 Å². The molecular weight excluding hydrogens is 296 g/mol. The van der Waals surface area contributed by atoms with Gasteiger partial charge in [-0.25, -0.2) is 4.68 Å². The Kier molecular flexibility index (Phi) is 3.62. The number of anilines is 1. The zero-order chi connectivity index (χ0) is 16.7. The van der Waals surface area contributed by atoms with Gasteiger partial charge in [0.2, 0.25) is 0 Å². The molecule has 4 nitrogen and oxygen atoms in total. The van der Waals surface area contributed by atoms with Gasteiger partial charge in [0.15, 0.2) is 0 Å². The van der Waals surface area contributed by atoms with Crippen LogP contribution in [0, 0.1) is 6.92 Å². The summed E-state index contributed by atoms with van der Waals surface area (Å²) in [5, 5.41) is 7.52. The average Bonchev–Trinajstić information content (AvgIpc) is 3.04. The molecule has 4 heteroatoms. The summed E-state index contributed by atoms with van der Waals surface area (Å²) in [5.74, 6) is 1.11. The first-order valence-electron chi connectivity index (χ1n) is 8.32. The largest absolute Gasteiger partial charge is 0.349 e. The summed E-state index contributed by atoms with van der Waals surface area (Å²) in [5.41, 5.74) is 6.82. The highest BCUT2D eigenvalue weighted by molar-refractivity contribution is 6.03. The number of nitrogens with zero attached hydrogens (tertiary/aromatic N) is 3. The van der Waals surface area contributed by atoms with Crippen LogP contribution in [-0.2, 0) is 0 Å². The third-order valence-corrected chi connectivity index (χ3v) is 4.72. The Hall–Kier alpha value is -2.59. The van der Waals surface area contributed by atoms with Crippen molar-refractivity contribution in [3.63, 3.8) is 0 Å². The van der Waals surface area contributed by atoms with Crippen LogP contribution in [0.2, 0.25) is 0 Å². The first-order chi connectivity index (χ1) is 11.7. The van der Waals surface area contributed by atoms with E-state index in [0.29, 0.717) is 0 Å². The molecule has 0 bridgehead atoms. The minimum atomic E-state index is 0.213. The maximum atomic E-state index is 4.33. The number of fused-ring (bicyclic) bond motifs is 2. The lowest BCUT2D eigenvalue weighted by Crippen LogP contribution is -2.35. The van der Waals surface area contributed by atoms with Gasteiger partial charge in [-0.2, -0.15) is 5.10 Å². The molecule has 0 fully saturated rings. The molecule has 1 aromatic heterocycles. The Balaban J connectivity index is 1.76. The van der Waals surface area contributed by atoms with Gasteiger partial charge < -0.3 is 10.2 Å². The van der Waals surface area contributed by atoms with Crippen LogP contribution < -0.4 is 10.2 Å². The van der Waals surface area contributed by atoms with Gasteiger partial charge in [-0.1, -0.05) is 35.9 Å². The summed E-state index contributed by atoms with van der Waals surface area (Å²) < 4.78 is 1.92. The van der Waals surface area contributed by atoms with Crippen LogP contribution >= 0.6 is 0 Å². The molecule has 2 aliphatic rings. The number of rotatable bonds is 4. The van der Waals surface area contributed by atoms with E-state index in [1.54, 1.807) is 0 Å². The monoisotopic (exact) mass is 318 g/mol. The zero-order valence-electron chi connectivity index (χ0n) is 14.3. The lowest BCUT2D eigenvalue weighted by atomic mass is 10.0. The Bertz CT molecular complexity index is 870. The van der Waals surface area contributed by atoms with Crippen LogP contribution in [0.5, 0.6) is 0 Å². The second kappa shape index (κ2) is 5.80. The van der Waals surface area contributed by atoms with Crippen molar-refractivity contribution in [2.75, 3.05) is 25.5 Å². The van der Waals surface area contributed by atoms with E-state index in [9.17, 15) is 0 Å². The lowest BCUT2D eigenvalue weighted by molar-refractivity contribution is 0.778. The molecule has 0 spiro atoms. The Morgan fingerprint density at radius 1 is 1.29 bits per heavy atom.